The molecule has 42 heavy (non-hydrogen) atoms. The molecular weight excluding hydrogens is 593 g/mol. The van der Waals surface area contributed by atoms with E-state index in [-0.39, 0.29) is 59.2 Å². The van der Waals surface area contributed by atoms with Crippen LogP contribution in [0.25, 0.3) is 11.0 Å². The van der Waals surface area contributed by atoms with Gasteiger partial charge in [0.05, 0.1) is 17.6 Å². The molecule has 1 fully saturated rings. The first kappa shape index (κ1) is 29.5. The number of nitrogens with zero attached hydrogens (tertiary/aromatic N) is 3. The highest BCUT2D eigenvalue weighted by molar-refractivity contribution is 7.89. The molecule has 3 heterocycles. The van der Waals surface area contributed by atoms with Crippen molar-refractivity contribution in [3.05, 3.63) is 53.3 Å². The zero-order chi connectivity index (χ0) is 30.4. The molecule has 0 saturated carbocycles. The fourth-order valence-electron chi connectivity index (χ4n) is 4.97. The van der Waals surface area contributed by atoms with Crippen LogP contribution in [0.2, 0.25) is 0 Å². The van der Waals surface area contributed by atoms with E-state index in [0.717, 1.165) is 4.57 Å². The molecular formula is C25H24F5N5O6S. The summed E-state index contributed by atoms with van der Waals surface area (Å²) in [6.07, 6.45) is -8.02. The van der Waals surface area contributed by atoms with E-state index in [0.29, 0.717) is 12.8 Å². The summed E-state index contributed by atoms with van der Waals surface area (Å²) in [6, 6.07) is 7.67. The predicted octanol–water partition coefficient (Wildman–Crippen LogP) is 2.68. The first-order valence-corrected chi connectivity index (χ1v) is 14.2. The van der Waals surface area contributed by atoms with Gasteiger partial charge in [-0.15, -0.1) is 8.78 Å². The van der Waals surface area contributed by atoms with Crippen LogP contribution in [-0.2, 0) is 27.5 Å². The number of aromatic nitrogens is 2. The summed E-state index contributed by atoms with van der Waals surface area (Å²) in [5, 5.41) is 2.71. The number of nitrogens with one attached hydrogen (secondary N) is 1. The van der Waals surface area contributed by atoms with Crippen molar-refractivity contribution < 1.29 is 49.4 Å². The second-order valence-corrected chi connectivity index (χ2v) is 11.9. The van der Waals surface area contributed by atoms with Gasteiger partial charge in [0.25, 0.3) is 5.91 Å². The topological polar surface area (TPSA) is 146 Å². The number of hydrogen-bond acceptors (Lipinski definition) is 7. The molecule has 17 heteroatoms. The molecule has 0 aliphatic carbocycles. The van der Waals surface area contributed by atoms with Crippen LogP contribution in [0.15, 0.2) is 36.4 Å². The van der Waals surface area contributed by atoms with Crippen molar-refractivity contribution in [1.29, 1.82) is 0 Å². The van der Waals surface area contributed by atoms with Gasteiger partial charge in [-0.3, -0.25) is 9.59 Å². The van der Waals surface area contributed by atoms with Crippen molar-refractivity contribution in [3.63, 3.8) is 0 Å². The Labute approximate surface area is 235 Å². The summed E-state index contributed by atoms with van der Waals surface area (Å²) in [5.74, 6) is -4.37. The van der Waals surface area contributed by atoms with E-state index in [1.165, 1.54) is 40.7 Å². The lowest BCUT2D eigenvalue weighted by Gasteiger charge is -2.31. The number of carbonyl (C=O) groups is 2. The third kappa shape index (κ3) is 6.11. The number of primary amides is 1. The minimum Gasteiger partial charge on any atom is -0.395 e. The molecule has 11 nitrogen and oxygen atoms in total. The number of imidazole rings is 1. The Balaban J connectivity index is 1.30. The third-order valence-electron chi connectivity index (χ3n) is 6.95. The van der Waals surface area contributed by atoms with Crippen LogP contribution >= 0.6 is 0 Å². The standard InChI is InChI=1S/C25H24F5N5O6S/c26-24(27,28)23-33-17-10-15(22(37)32-11-14-6-8-34(9-7-14)42(38,39)13-20(31)36)4-5-18(17)35(23)12-16-2-1-3-19-21(16)41-25(29,30)40-19/h1-5,10,14H,6-9,11-13H2,(H2,31,36)(H,32,37). The minimum absolute atomic E-state index is 0.00442. The van der Waals surface area contributed by atoms with E-state index in [1.54, 1.807) is 0 Å². The second-order valence-electron chi connectivity index (χ2n) is 9.91. The van der Waals surface area contributed by atoms with E-state index in [2.05, 4.69) is 19.8 Å². The van der Waals surface area contributed by atoms with E-state index < -0.39 is 52.4 Å². The van der Waals surface area contributed by atoms with Gasteiger partial charge >= 0.3 is 12.5 Å². The van der Waals surface area contributed by atoms with Gasteiger partial charge in [0.1, 0.15) is 5.75 Å². The molecule has 2 amide bonds. The largest absolute Gasteiger partial charge is 0.586 e. The lowest BCUT2D eigenvalue weighted by molar-refractivity contribution is -0.287. The number of benzene rings is 2. The van der Waals surface area contributed by atoms with Crippen LogP contribution in [-0.4, -0.2) is 65.8 Å². The lowest BCUT2D eigenvalue weighted by atomic mass is 9.98. The number of halogens is 5. The molecule has 1 saturated heterocycles. The number of alkyl halides is 5. The van der Waals surface area contributed by atoms with Gasteiger partial charge in [-0.05, 0) is 43.0 Å². The fraction of sp³-hybridized carbons (Fsp3) is 0.400. The molecule has 226 valence electrons. The summed E-state index contributed by atoms with van der Waals surface area (Å²) in [7, 11) is -3.81. The monoisotopic (exact) mass is 617 g/mol. The average molecular weight is 618 g/mol. The zero-order valence-corrected chi connectivity index (χ0v) is 22.5. The summed E-state index contributed by atoms with van der Waals surface area (Å²) in [6.45, 7) is -0.0274. The van der Waals surface area contributed by atoms with Crippen LogP contribution in [0.1, 0.15) is 34.6 Å². The van der Waals surface area contributed by atoms with Gasteiger partial charge < -0.3 is 25.1 Å². The smallest absolute Gasteiger partial charge is 0.395 e. The molecule has 0 bridgehead atoms. The van der Waals surface area contributed by atoms with Crippen molar-refractivity contribution in [2.75, 3.05) is 25.4 Å². The van der Waals surface area contributed by atoms with E-state index in [9.17, 15) is 40.0 Å². The number of piperidine rings is 1. The summed E-state index contributed by atoms with van der Waals surface area (Å²) >= 11 is 0. The molecule has 2 aromatic carbocycles. The van der Waals surface area contributed by atoms with Crippen molar-refractivity contribution >= 4 is 32.9 Å². The van der Waals surface area contributed by atoms with Gasteiger partial charge in [-0.25, -0.2) is 17.7 Å². The predicted molar refractivity (Wildman–Crippen MR) is 136 cm³/mol. The maximum absolute atomic E-state index is 13.9. The van der Waals surface area contributed by atoms with E-state index >= 15 is 0 Å². The quantitative estimate of drug-likeness (QED) is 0.370. The van der Waals surface area contributed by atoms with Crippen molar-refractivity contribution in [2.24, 2.45) is 11.7 Å². The first-order chi connectivity index (χ1) is 19.6. The number of rotatable bonds is 8. The average Bonchev–Trinajstić information content (AvgIpc) is 3.43. The van der Waals surface area contributed by atoms with Gasteiger partial charge in [-0.2, -0.15) is 13.2 Å². The molecule has 0 unspecified atom stereocenters. The van der Waals surface area contributed by atoms with Crippen molar-refractivity contribution in [1.82, 2.24) is 19.2 Å². The van der Waals surface area contributed by atoms with Crippen LogP contribution in [0.3, 0.4) is 0 Å². The van der Waals surface area contributed by atoms with Crippen LogP contribution in [0, 0.1) is 5.92 Å². The van der Waals surface area contributed by atoms with Crippen molar-refractivity contribution in [3.8, 4) is 11.5 Å². The zero-order valence-electron chi connectivity index (χ0n) is 21.7. The normalized spacial score (nSPS) is 17.5. The maximum Gasteiger partial charge on any atom is 0.586 e. The lowest BCUT2D eigenvalue weighted by Crippen LogP contribution is -2.44. The molecule has 2 aliphatic heterocycles. The van der Waals surface area contributed by atoms with E-state index in [1.807, 2.05) is 0 Å². The molecule has 5 rings (SSSR count). The first-order valence-electron chi connectivity index (χ1n) is 12.6. The summed E-state index contributed by atoms with van der Waals surface area (Å²) in [4.78, 5) is 27.5. The summed E-state index contributed by atoms with van der Waals surface area (Å²) in [5.41, 5.74) is 4.90. The number of amides is 2. The Morgan fingerprint density at radius 1 is 1.12 bits per heavy atom. The van der Waals surface area contributed by atoms with Gasteiger partial charge in [-0.1, -0.05) is 12.1 Å². The molecule has 0 spiro atoms. The second kappa shape index (κ2) is 10.7. The Hall–Kier alpha value is -3.99. The number of hydrogen-bond donors (Lipinski definition) is 2. The number of para-hydroxylation sites is 1. The Morgan fingerprint density at radius 3 is 2.50 bits per heavy atom. The van der Waals surface area contributed by atoms with Gasteiger partial charge in [0.2, 0.25) is 21.8 Å². The summed E-state index contributed by atoms with van der Waals surface area (Å²) < 4.78 is 104. The highest BCUT2D eigenvalue weighted by Crippen LogP contribution is 2.44. The maximum atomic E-state index is 13.9. The molecule has 0 atom stereocenters. The number of nitrogens with two attached hydrogens (primary N) is 1. The molecule has 0 radical (unpaired) electrons. The number of ether oxygens (including phenoxy) is 2. The molecule has 2 aliphatic rings. The third-order valence-corrected chi connectivity index (χ3v) is 8.75. The van der Waals surface area contributed by atoms with E-state index in [4.69, 9.17) is 5.73 Å². The van der Waals surface area contributed by atoms with Gasteiger partial charge in [0.15, 0.2) is 11.5 Å². The van der Waals surface area contributed by atoms with Crippen LogP contribution in [0.4, 0.5) is 22.0 Å². The minimum atomic E-state index is -4.90. The highest BCUT2D eigenvalue weighted by Gasteiger charge is 2.45. The van der Waals surface area contributed by atoms with Crippen LogP contribution < -0.4 is 20.5 Å². The number of carbonyl (C=O) groups excluding carboxylic acids is 2. The van der Waals surface area contributed by atoms with Crippen LogP contribution in [0.5, 0.6) is 11.5 Å². The SMILES string of the molecule is NC(=O)CS(=O)(=O)N1CCC(CNC(=O)c2ccc3c(c2)nc(C(F)(F)F)n3Cc2cccc3c2OC(F)(F)O3)CC1. The Morgan fingerprint density at radius 2 is 1.83 bits per heavy atom. The number of sulfonamides is 1. The Bertz CT molecular complexity index is 1650. The fourth-order valence-corrected chi connectivity index (χ4v) is 6.28. The highest BCUT2D eigenvalue weighted by atomic mass is 32.2. The van der Waals surface area contributed by atoms with Crippen molar-refractivity contribution in [2.45, 2.75) is 31.9 Å². The Kier molecular flexibility index (Phi) is 7.51. The molecule has 3 N–H and O–H groups in total. The van der Waals surface area contributed by atoms with Gasteiger partial charge in [0, 0.05) is 30.8 Å². The molecule has 1 aromatic heterocycles. The molecule has 3 aromatic rings. The number of fused-ring (bicyclic) bond motifs is 2.